The van der Waals surface area contributed by atoms with Gasteiger partial charge in [-0.05, 0) is 18.6 Å². The van der Waals surface area contributed by atoms with E-state index in [0.29, 0.717) is 17.0 Å². The summed E-state index contributed by atoms with van der Waals surface area (Å²) in [6, 6.07) is 7.85. The minimum atomic E-state index is 0.609. The third kappa shape index (κ3) is 2.14. The first-order chi connectivity index (χ1) is 9.72. The highest BCUT2D eigenvalue weighted by atomic mass is 79.9. The predicted octanol–water partition coefficient (Wildman–Crippen LogP) is 3.76. The number of nitrogens with one attached hydrogen (secondary N) is 1. The van der Waals surface area contributed by atoms with E-state index in [1.165, 1.54) is 0 Å². The van der Waals surface area contributed by atoms with Crippen LogP contribution in [0, 0.1) is 0 Å². The molecule has 0 saturated heterocycles. The number of carbonyl (C=O) groups excluding carboxylic acids is 1. The maximum atomic E-state index is 11.1. The molecule has 0 spiro atoms. The quantitative estimate of drug-likeness (QED) is 0.744. The molecule has 0 aliphatic rings. The van der Waals surface area contributed by atoms with Gasteiger partial charge in [0.05, 0.1) is 11.1 Å². The number of nitrogens with zero attached hydrogens (tertiary/aromatic N) is 2. The van der Waals surface area contributed by atoms with Crippen LogP contribution in [0.1, 0.15) is 23.0 Å². The second-order valence-corrected chi connectivity index (χ2v) is 5.36. The van der Waals surface area contributed by atoms with E-state index < -0.39 is 0 Å². The molecule has 0 aliphatic heterocycles. The molecule has 4 nitrogen and oxygen atoms in total. The largest absolute Gasteiger partial charge is 0.345 e. The van der Waals surface area contributed by atoms with Crippen LogP contribution < -0.4 is 0 Å². The molecule has 0 amide bonds. The third-order valence-electron chi connectivity index (χ3n) is 3.18. The first kappa shape index (κ1) is 13.0. The van der Waals surface area contributed by atoms with E-state index in [0.717, 1.165) is 33.8 Å². The van der Waals surface area contributed by atoms with E-state index in [-0.39, 0.29) is 0 Å². The van der Waals surface area contributed by atoms with Gasteiger partial charge in [-0.3, -0.25) is 4.79 Å². The molecule has 20 heavy (non-hydrogen) atoms. The number of aryl methyl sites for hydroxylation is 1. The van der Waals surface area contributed by atoms with Crippen LogP contribution in [0.15, 0.2) is 34.9 Å². The Morgan fingerprint density at radius 1 is 1.35 bits per heavy atom. The summed E-state index contributed by atoms with van der Waals surface area (Å²) < 4.78 is 0.983. The zero-order chi connectivity index (χ0) is 14.1. The Balaban J connectivity index is 2.26. The molecule has 0 aliphatic carbocycles. The zero-order valence-electron chi connectivity index (χ0n) is 10.9. The summed E-state index contributed by atoms with van der Waals surface area (Å²) >= 11 is 3.45. The third-order valence-corrected chi connectivity index (χ3v) is 3.67. The van der Waals surface area contributed by atoms with Crippen LogP contribution in [-0.4, -0.2) is 21.2 Å². The standard InChI is InChI=1S/C15H12BrN3O/c1-2-12-13-10(8-20)7-17-15(13)19-14(18-12)9-4-3-5-11(16)6-9/h3-8H,2H2,1H3,(H,17,18,19). The fraction of sp³-hybridized carbons (Fsp3) is 0.133. The van der Waals surface area contributed by atoms with Crippen LogP contribution in [0.25, 0.3) is 22.4 Å². The average molecular weight is 330 g/mol. The number of aldehydes is 1. The van der Waals surface area contributed by atoms with Gasteiger partial charge in [0.25, 0.3) is 0 Å². The van der Waals surface area contributed by atoms with Crippen LogP contribution >= 0.6 is 15.9 Å². The smallest absolute Gasteiger partial charge is 0.161 e. The predicted molar refractivity (Wildman–Crippen MR) is 81.8 cm³/mol. The van der Waals surface area contributed by atoms with Gasteiger partial charge in [0, 0.05) is 21.8 Å². The van der Waals surface area contributed by atoms with Gasteiger partial charge in [0.15, 0.2) is 12.1 Å². The van der Waals surface area contributed by atoms with Crippen LogP contribution in [0.4, 0.5) is 0 Å². The number of aromatic amines is 1. The maximum Gasteiger partial charge on any atom is 0.161 e. The summed E-state index contributed by atoms with van der Waals surface area (Å²) in [4.78, 5) is 23.2. The van der Waals surface area contributed by atoms with Crippen molar-refractivity contribution in [1.29, 1.82) is 0 Å². The Morgan fingerprint density at radius 3 is 2.90 bits per heavy atom. The number of aromatic nitrogens is 3. The van der Waals surface area contributed by atoms with Crippen molar-refractivity contribution in [3.8, 4) is 11.4 Å². The molecule has 2 aromatic heterocycles. The molecule has 0 unspecified atom stereocenters. The van der Waals surface area contributed by atoms with Crippen molar-refractivity contribution in [1.82, 2.24) is 15.0 Å². The van der Waals surface area contributed by atoms with Gasteiger partial charge in [0.1, 0.15) is 5.65 Å². The highest BCUT2D eigenvalue weighted by Gasteiger charge is 2.13. The molecule has 0 atom stereocenters. The van der Waals surface area contributed by atoms with Crippen LogP contribution in [0.5, 0.6) is 0 Å². The van der Waals surface area contributed by atoms with E-state index >= 15 is 0 Å². The summed E-state index contributed by atoms with van der Waals surface area (Å²) in [5.41, 5.74) is 3.14. The molecule has 5 heteroatoms. The monoisotopic (exact) mass is 329 g/mol. The molecule has 100 valence electrons. The average Bonchev–Trinajstić information content (AvgIpc) is 2.89. The highest BCUT2D eigenvalue weighted by molar-refractivity contribution is 9.10. The first-order valence-corrected chi connectivity index (χ1v) is 7.11. The van der Waals surface area contributed by atoms with Crippen molar-refractivity contribution in [3.05, 3.63) is 46.2 Å². The second-order valence-electron chi connectivity index (χ2n) is 4.44. The van der Waals surface area contributed by atoms with Crippen molar-refractivity contribution in [3.63, 3.8) is 0 Å². The van der Waals surface area contributed by atoms with Gasteiger partial charge in [-0.2, -0.15) is 0 Å². The number of rotatable bonds is 3. The molecule has 0 bridgehead atoms. The molecule has 1 N–H and O–H groups in total. The Labute approximate surface area is 124 Å². The molecule has 1 aromatic carbocycles. The van der Waals surface area contributed by atoms with Crippen molar-refractivity contribution < 1.29 is 4.79 Å². The fourth-order valence-electron chi connectivity index (χ4n) is 2.24. The second kappa shape index (κ2) is 5.17. The Hall–Kier alpha value is -2.01. The maximum absolute atomic E-state index is 11.1. The van der Waals surface area contributed by atoms with E-state index in [2.05, 4.69) is 30.9 Å². The summed E-state index contributed by atoms with van der Waals surface area (Å²) in [5, 5.41) is 0.821. The van der Waals surface area contributed by atoms with Crippen molar-refractivity contribution in [2.75, 3.05) is 0 Å². The summed E-state index contributed by atoms with van der Waals surface area (Å²) in [5.74, 6) is 0.662. The summed E-state index contributed by atoms with van der Waals surface area (Å²) in [6.07, 6.45) is 3.26. The lowest BCUT2D eigenvalue weighted by atomic mass is 10.1. The van der Waals surface area contributed by atoms with E-state index in [9.17, 15) is 4.79 Å². The van der Waals surface area contributed by atoms with Crippen molar-refractivity contribution in [2.24, 2.45) is 0 Å². The number of halogens is 1. The molecular weight excluding hydrogens is 318 g/mol. The lowest BCUT2D eigenvalue weighted by Gasteiger charge is -2.05. The van der Waals surface area contributed by atoms with E-state index in [1.807, 2.05) is 31.2 Å². The molecule has 0 fully saturated rings. The number of fused-ring (bicyclic) bond motifs is 1. The lowest BCUT2D eigenvalue weighted by Crippen LogP contribution is -1.97. The Morgan fingerprint density at radius 2 is 2.20 bits per heavy atom. The number of hydrogen-bond donors (Lipinski definition) is 1. The normalized spacial score (nSPS) is 10.9. The molecule has 2 heterocycles. The van der Waals surface area contributed by atoms with E-state index in [4.69, 9.17) is 0 Å². The SMILES string of the molecule is CCc1nc(-c2cccc(Br)c2)nc2[nH]cc(C=O)c12. The van der Waals surface area contributed by atoms with Gasteiger partial charge in [0.2, 0.25) is 0 Å². The van der Waals surface area contributed by atoms with Crippen LogP contribution in [0.2, 0.25) is 0 Å². The number of hydrogen-bond acceptors (Lipinski definition) is 3. The van der Waals surface area contributed by atoms with Gasteiger partial charge in [-0.25, -0.2) is 9.97 Å². The molecule has 3 rings (SSSR count). The van der Waals surface area contributed by atoms with Gasteiger partial charge in [-0.1, -0.05) is 35.0 Å². The molecular formula is C15H12BrN3O. The zero-order valence-corrected chi connectivity index (χ0v) is 12.4. The number of H-pyrrole nitrogens is 1. The molecule has 0 radical (unpaired) electrons. The fourth-order valence-corrected chi connectivity index (χ4v) is 2.64. The van der Waals surface area contributed by atoms with Crippen molar-refractivity contribution >= 4 is 33.2 Å². The molecule has 0 saturated carbocycles. The van der Waals surface area contributed by atoms with Crippen molar-refractivity contribution in [2.45, 2.75) is 13.3 Å². The summed E-state index contributed by atoms with van der Waals surface area (Å²) in [6.45, 7) is 2.02. The minimum Gasteiger partial charge on any atom is -0.345 e. The highest BCUT2D eigenvalue weighted by Crippen LogP contribution is 2.25. The first-order valence-electron chi connectivity index (χ1n) is 6.32. The van der Waals surface area contributed by atoms with Gasteiger partial charge < -0.3 is 4.98 Å². The lowest BCUT2D eigenvalue weighted by molar-refractivity contribution is 0.112. The molecule has 3 aromatic rings. The Kier molecular flexibility index (Phi) is 3.36. The summed E-state index contributed by atoms with van der Waals surface area (Å²) in [7, 11) is 0. The van der Waals surface area contributed by atoms with Gasteiger partial charge in [-0.15, -0.1) is 0 Å². The van der Waals surface area contributed by atoms with Gasteiger partial charge >= 0.3 is 0 Å². The van der Waals surface area contributed by atoms with Crippen LogP contribution in [0.3, 0.4) is 0 Å². The number of carbonyl (C=O) groups is 1. The number of benzene rings is 1. The minimum absolute atomic E-state index is 0.609. The van der Waals surface area contributed by atoms with E-state index in [1.54, 1.807) is 6.20 Å². The Bertz CT molecular complexity index is 795. The topological polar surface area (TPSA) is 58.6 Å². The van der Waals surface area contributed by atoms with Crippen LogP contribution in [-0.2, 0) is 6.42 Å².